The topological polar surface area (TPSA) is 38.3 Å². The third-order valence-corrected chi connectivity index (χ3v) is 5.57. The van der Waals surface area contributed by atoms with E-state index in [0.717, 1.165) is 24.2 Å². The normalized spacial score (nSPS) is 14.9. The van der Waals surface area contributed by atoms with Crippen LogP contribution < -0.4 is 10.1 Å². The molecular formula is C25H33NO2. The number of fused-ring (bicyclic) bond motifs is 1. The van der Waals surface area contributed by atoms with E-state index >= 15 is 0 Å². The first-order chi connectivity index (χ1) is 13.4. The fourth-order valence-corrected chi connectivity index (χ4v) is 3.98. The van der Waals surface area contributed by atoms with Crippen LogP contribution in [0.3, 0.4) is 0 Å². The molecule has 28 heavy (non-hydrogen) atoms. The minimum absolute atomic E-state index is 0.0256. The van der Waals surface area contributed by atoms with Gasteiger partial charge in [-0.2, -0.15) is 0 Å². The summed E-state index contributed by atoms with van der Waals surface area (Å²) in [6.45, 7) is 8.60. The van der Waals surface area contributed by atoms with E-state index in [-0.39, 0.29) is 24.0 Å². The summed E-state index contributed by atoms with van der Waals surface area (Å²) in [5.41, 5.74) is 5.21. The van der Waals surface area contributed by atoms with Gasteiger partial charge >= 0.3 is 0 Å². The molecule has 3 rings (SSSR count). The van der Waals surface area contributed by atoms with Crippen LogP contribution in [0.15, 0.2) is 42.5 Å². The largest absolute Gasteiger partial charge is 0.483 e. The maximum absolute atomic E-state index is 12.6. The summed E-state index contributed by atoms with van der Waals surface area (Å²) in [6.07, 6.45) is 5.75. The van der Waals surface area contributed by atoms with Gasteiger partial charge in [0.25, 0.3) is 5.91 Å². The second kappa shape index (κ2) is 8.81. The molecule has 1 amide bonds. The Labute approximate surface area is 169 Å². The average molecular weight is 380 g/mol. The Morgan fingerprint density at radius 3 is 2.50 bits per heavy atom. The van der Waals surface area contributed by atoms with E-state index in [4.69, 9.17) is 4.74 Å². The van der Waals surface area contributed by atoms with E-state index in [1.165, 1.54) is 36.0 Å². The number of hydrogen-bond donors (Lipinski definition) is 1. The van der Waals surface area contributed by atoms with Crippen molar-refractivity contribution in [2.45, 2.75) is 71.3 Å². The Hall–Kier alpha value is -2.29. The zero-order chi connectivity index (χ0) is 20.1. The molecule has 0 saturated carbocycles. The molecule has 0 aromatic heterocycles. The summed E-state index contributed by atoms with van der Waals surface area (Å²) in [4.78, 5) is 12.6. The smallest absolute Gasteiger partial charge is 0.258 e. The zero-order valence-corrected chi connectivity index (χ0v) is 17.7. The van der Waals surface area contributed by atoms with Gasteiger partial charge in [0.1, 0.15) is 5.75 Å². The number of hydrogen-bond acceptors (Lipinski definition) is 2. The van der Waals surface area contributed by atoms with Gasteiger partial charge in [-0.1, -0.05) is 64.1 Å². The number of ether oxygens (including phenoxy) is 1. The molecule has 0 spiro atoms. The van der Waals surface area contributed by atoms with Gasteiger partial charge in [-0.05, 0) is 65.8 Å². The van der Waals surface area contributed by atoms with Gasteiger partial charge in [0.05, 0.1) is 6.04 Å². The number of rotatable bonds is 6. The Morgan fingerprint density at radius 1 is 1.07 bits per heavy atom. The predicted molar refractivity (Wildman–Crippen MR) is 115 cm³/mol. The van der Waals surface area contributed by atoms with Gasteiger partial charge in [-0.15, -0.1) is 0 Å². The molecule has 2 aromatic carbocycles. The molecule has 0 fully saturated rings. The van der Waals surface area contributed by atoms with Crippen LogP contribution in [0.4, 0.5) is 0 Å². The first kappa shape index (κ1) is 20.4. The van der Waals surface area contributed by atoms with Crippen molar-refractivity contribution in [3.05, 3.63) is 64.7 Å². The van der Waals surface area contributed by atoms with Crippen LogP contribution in [0.5, 0.6) is 5.75 Å². The highest BCUT2D eigenvalue weighted by atomic mass is 16.5. The van der Waals surface area contributed by atoms with Gasteiger partial charge in [-0.3, -0.25) is 4.79 Å². The number of para-hydroxylation sites is 1. The van der Waals surface area contributed by atoms with Crippen LogP contribution >= 0.6 is 0 Å². The van der Waals surface area contributed by atoms with Crippen molar-refractivity contribution < 1.29 is 9.53 Å². The Balaban J connectivity index is 1.64. The lowest BCUT2D eigenvalue weighted by Gasteiger charge is -2.23. The molecule has 0 bridgehead atoms. The Kier molecular flexibility index (Phi) is 6.43. The van der Waals surface area contributed by atoms with Crippen molar-refractivity contribution in [3.63, 3.8) is 0 Å². The first-order valence-electron chi connectivity index (χ1n) is 10.5. The minimum atomic E-state index is -0.0757. The molecule has 2 aromatic rings. The van der Waals surface area contributed by atoms with Gasteiger partial charge < -0.3 is 10.1 Å². The van der Waals surface area contributed by atoms with Crippen LogP contribution in [0.1, 0.15) is 75.3 Å². The van der Waals surface area contributed by atoms with Gasteiger partial charge in [-0.25, -0.2) is 0 Å². The summed E-state index contributed by atoms with van der Waals surface area (Å²) in [6, 6.07) is 14.7. The van der Waals surface area contributed by atoms with E-state index in [1.54, 1.807) is 0 Å². The molecule has 0 saturated heterocycles. The number of aryl methyl sites for hydroxylation is 2. The summed E-state index contributed by atoms with van der Waals surface area (Å²) in [5, 5.41) is 3.15. The van der Waals surface area contributed by atoms with Crippen molar-refractivity contribution >= 4 is 5.91 Å². The third kappa shape index (κ3) is 4.95. The number of benzene rings is 2. The molecule has 3 heteroatoms. The second-order valence-corrected chi connectivity index (χ2v) is 8.80. The summed E-state index contributed by atoms with van der Waals surface area (Å²) in [7, 11) is 0. The van der Waals surface area contributed by atoms with Crippen molar-refractivity contribution in [2.75, 3.05) is 6.61 Å². The highest BCUT2D eigenvalue weighted by Gasteiger charge is 2.20. The van der Waals surface area contributed by atoms with E-state index in [9.17, 15) is 4.79 Å². The number of nitrogens with one attached hydrogen (secondary N) is 1. The van der Waals surface area contributed by atoms with Crippen LogP contribution in [-0.4, -0.2) is 12.5 Å². The van der Waals surface area contributed by atoms with Crippen LogP contribution in [-0.2, 0) is 23.1 Å². The lowest BCUT2D eigenvalue weighted by Crippen LogP contribution is -2.32. The SMILES string of the molecule is CC[C@H](NC(=O)COc1ccccc1C(C)(C)C)c1ccc2c(c1)CCCC2. The molecule has 3 nitrogen and oxygen atoms in total. The molecular weight excluding hydrogens is 346 g/mol. The third-order valence-electron chi connectivity index (χ3n) is 5.57. The number of carbonyl (C=O) groups excluding carboxylic acids is 1. The summed E-state index contributed by atoms with van der Waals surface area (Å²) < 4.78 is 5.89. The molecule has 0 radical (unpaired) electrons. The van der Waals surface area contributed by atoms with Gasteiger partial charge in [0.15, 0.2) is 6.61 Å². The minimum Gasteiger partial charge on any atom is -0.483 e. The molecule has 1 aliphatic rings. The lowest BCUT2D eigenvalue weighted by atomic mass is 9.86. The quantitative estimate of drug-likeness (QED) is 0.719. The molecule has 1 atom stereocenters. The van der Waals surface area contributed by atoms with E-state index < -0.39 is 0 Å². The van der Waals surface area contributed by atoms with Gasteiger partial charge in [0, 0.05) is 0 Å². The standard InChI is InChI=1S/C25H33NO2/c1-5-22(20-15-14-18-10-6-7-11-19(18)16-20)26-24(27)17-28-23-13-9-8-12-21(23)25(2,3)4/h8-9,12-16,22H,5-7,10-11,17H2,1-4H3,(H,26,27)/t22-/m0/s1. The van der Waals surface area contributed by atoms with Crippen LogP contribution in [0.25, 0.3) is 0 Å². The maximum atomic E-state index is 12.6. The van der Waals surface area contributed by atoms with Crippen LogP contribution in [0, 0.1) is 0 Å². The van der Waals surface area contributed by atoms with E-state index in [2.05, 4.69) is 57.3 Å². The zero-order valence-electron chi connectivity index (χ0n) is 17.7. The molecule has 150 valence electrons. The van der Waals surface area contributed by atoms with Crippen LogP contribution in [0.2, 0.25) is 0 Å². The summed E-state index contributed by atoms with van der Waals surface area (Å²) >= 11 is 0. The highest BCUT2D eigenvalue weighted by molar-refractivity contribution is 5.78. The van der Waals surface area contributed by atoms with E-state index in [1.807, 2.05) is 18.2 Å². The predicted octanol–water partition coefficient (Wildman–Crippen LogP) is 5.51. The molecule has 1 aliphatic carbocycles. The second-order valence-electron chi connectivity index (χ2n) is 8.80. The molecule has 0 unspecified atom stereocenters. The van der Waals surface area contributed by atoms with Crippen molar-refractivity contribution in [2.24, 2.45) is 0 Å². The van der Waals surface area contributed by atoms with E-state index in [0.29, 0.717) is 0 Å². The average Bonchev–Trinajstić information content (AvgIpc) is 2.69. The molecule has 1 N–H and O–H groups in total. The Bertz CT molecular complexity index is 820. The monoisotopic (exact) mass is 379 g/mol. The fraction of sp³-hybridized carbons (Fsp3) is 0.480. The molecule has 0 heterocycles. The first-order valence-corrected chi connectivity index (χ1v) is 10.5. The fourth-order valence-electron chi connectivity index (χ4n) is 3.98. The number of carbonyl (C=O) groups is 1. The van der Waals surface area contributed by atoms with Crippen molar-refractivity contribution in [3.8, 4) is 5.75 Å². The van der Waals surface area contributed by atoms with Crippen molar-refractivity contribution in [1.82, 2.24) is 5.32 Å². The number of amides is 1. The van der Waals surface area contributed by atoms with Crippen molar-refractivity contribution in [1.29, 1.82) is 0 Å². The molecule has 0 aliphatic heterocycles. The maximum Gasteiger partial charge on any atom is 0.258 e. The Morgan fingerprint density at radius 2 is 1.79 bits per heavy atom. The van der Waals surface area contributed by atoms with Gasteiger partial charge in [0.2, 0.25) is 0 Å². The highest BCUT2D eigenvalue weighted by Crippen LogP contribution is 2.31. The lowest BCUT2D eigenvalue weighted by molar-refractivity contribution is -0.123. The summed E-state index contributed by atoms with van der Waals surface area (Å²) in [5.74, 6) is 0.709.